The average molecular weight is 145 g/mol. The molecule has 2 rings (SSSR count). The second-order valence-corrected chi connectivity index (χ2v) is 2.49. The van der Waals surface area contributed by atoms with Gasteiger partial charge in [-0.15, -0.1) is 0 Å². The highest BCUT2D eigenvalue weighted by atomic mass is 16.5. The molecule has 1 radical (unpaired) electrons. The Morgan fingerprint density at radius 3 is 2.82 bits per heavy atom. The molecule has 0 unspecified atom stereocenters. The van der Waals surface area contributed by atoms with Gasteiger partial charge >= 0.3 is 0 Å². The summed E-state index contributed by atoms with van der Waals surface area (Å²) < 4.78 is 5.17. The van der Waals surface area contributed by atoms with Crippen LogP contribution in [0, 0.1) is 6.42 Å². The van der Waals surface area contributed by atoms with E-state index < -0.39 is 0 Å². The molecule has 0 saturated heterocycles. The zero-order chi connectivity index (χ0) is 7.68. The van der Waals surface area contributed by atoms with Crippen LogP contribution in [0.3, 0.4) is 0 Å². The Morgan fingerprint density at radius 1 is 1.18 bits per heavy atom. The minimum absolute atomic E-state index is 0.959. The maximum Gasteiger partial charge on any atom is 0.123 e. The van der Waals surface area contributed by atoms with Crippen LogP contribution in [0.1, 0.15) is 11.1 Å². The minimum atomic E-state index is 0.959. The molecule has 1 aromatic carbocycles. The van der Waals surface area contributed by atoms with E-state index in [4.69, 9.17) is 4.74 Å². The van der Waals surface area contributed by atoms with Crippen molar-refractivity contribution in [2.45, 2.75) is 0 Å². The molecular formula is C10H9O. The van der Waals surface area contributed by atoms with Gasteiger partial charge in [0, 0.05) is 12.0 Å². The fraction of sp³-hybridized carbons (Fsp3) is 0.100. The average Bonchev–Trinajstić information content (AvgIpc) is 2.47. The lowest BCUT2D eigenvalue weighted by Crippen LogP contribution is -1.84. The first-order chi connectivity index (χ1) is 5.42. The molecule has 0 aromatic heterocycles. The van der Waals surface area contributed by atoms with Gasteiger partial charge in [-0.3, -0.25) is 0 Å². The number of methoxy groups -OCH3 is 1. The first-order valence-corrected chi connectivity index (χ1v) is 3.60. The summed E-state index contributed by atoms with van der Waals surface area (Å²) in [5.41, 5.74) is 2.43. The molecule has 1 aliphatic carbocycles. The van der Waals surface area contributed by atoms with E-state index in [1.54, 1.807) is 7.11 Å². The molecule has 1 nitrogen and oxygen atoms in total. The van der Waals surface area contributed by atoms with Crippen molar-refractivity contribution in [2.24, 2.45) is 0 Å². The molecule has 0 amide bonds. The Kier molecular flexibility index (Phi) is 1.42. The van der Waals surface area contributed by atoms with Gasteiger partial charge in [0.05, 0.1) is 7.11 Å². The van der Waals surface area contributed by atoms with Gasteiger partial charge in [0.15, 0.2) is 0 Å². The van der Waals surface area contributed by atoms with Gasteiger partial charge in [-0.25, -0.2) is 0 Å². The highest BCUT2D eigenvalue weighted by Gasteiger charge is 2.12. The fourth-order valence-corrected chi connectivity index (χ4v) is 1.30. The summed E-state index contributed by atoms with van der Waals surface area (Å²) in [5.74, 6) is 0.959. The molecule has 11 heavy (non-hydrogen) atoms. The van der Waals surface area contributed by atoms with Crippen LogP contribution in [-0.4, -0.2) is 7.11 Å². The monoisotopic (exact) mass is 145 g/mol. The predicted molar refractivity (Wildman–Crippen MR) is 44.8 cm³/mol. The lowest BCUT2D eigenvalue weighted by atomic mass is 10.1. The van der Waals surface area contributed by atoms with Crippen molar-refractivity contribution in [2.75, 3.05) is 7.11 Å². The van der Waals surface area contributed by atoms with Crippen molar-refractivity contribution in [3.63, 3.8) is 0 Å². The molecule has 55 valence electrons. The summed E-state index contributed by atoms with van der Waals surface area (Å²) in [4.78, 5) is 0. The van der Waals surface area contributed by atoms with Crippen LogP contribution in [0.5, 0.6) is 0 Å². The van der Waals surface area contributed by atoms with Gasteiger partial charge in [-0.05, 0) is 11.6 Å². The molecular weight excluding hydrogens is 136 g/mol. The molecule has 0 saturated carbocycles. The van der Waals surface area contributed by atoms with Crippen LogP contribution >= 0.6 is 0 Å². The number of hydrogen-bond acceptors (Lipinski definition) is 1. The zero-order valence-electron chi connectivity index (χ0n) is 6.37. The number of allylic oxidation sites excluding steroid dienone is 1. The molecule has 0 atom stereocenters. The number of fused-ring (bicyclic) bond motifs is 1. The van der Waals surface area contributed by atoms with Crippen LogP contribution in [0.4, 0.5) is 0 Å². The minimum Gasteiger partial charge on any atom is -0.496 e. The molecule has 1 aliphatic rings. The molecule has 0 fully saturated rings. The first-order valence-electron chi connectivity index (χ1n) is 3.60. The van der Waals surface area contributed by atoms with Gasteiger partial charge in [0.25, 0.3) is 0 Å². The molecule has 0 bridgehead atoms. The van der Waals surface area contributed by atoms with Gasteiger partial charge in [0.2, 0.25) is 0 Å². The molecule has 1 aromatic rings. The standard InChI is InChI=1S/C10H9O/c1-11-10-7-6-8-4-2-3-5-9(8)10/h2-7H,1H3. The van der Waals surface area contributed by atoms with Crippen molar-refractivity contribution < 1.29 is 4.74 Å². The summed E-state index contributed by atoms with van der Waals surface area (Å²) in [6.45, 7) is 0. The predicted octanol–water partition coefficient (Wildman–Crippen LogP) is 2.24. The normalized spacial score (nSPS) is 14.1. The number of rotatable bonds is 1. The summed E-state index contributed by atoms with van der Waals surface area (Å²) >= 11 is 0. The highest BCUT2D eigenvalue weighted by molar-refractivity contribution is 5.72. The second-order valence-electron chi connectivity index (χ2n) is 2.49. The number of ether oxygens (including phenoxy) is 1. The van der Waals surface area contributed by atoms with Gasteiger partial charge in [-0.2, -0.15) is 0 Å². The van der Waals surface area contributed by atoms with Crippen LogP contribution in [-0.2, 0) is 4.74 Å². The zero-order valence-corrected chi connectivity index (χ0v) is 6.37. The Labute approximate surface area is 66.3 Å². The quantitative estimate of drug-likeness (QED) is 0.588. The maximum absolute atomic E-state index is 5.17. The van der Waals surface area contributed by atoms with E-state index in [1.807, 2.05) is 18.2 Å². The van der Waals surface area contributed by atoms with Crippen LogP contribution in [0.25, 0.3) is 5.76 Å². The van der Waals surface area contributed by atoms with Crippen LogP contribution in [0.2, 0.25) is 0 Å². The second kappa shape index (κ2) is 2.42. The summed E-state index contributed by atoms with van der Waals surface area (Å²) in [7, 11) is 1.70. The molecule has 0 spiro atoms. The van der Waals surface area contributed by atoms with E-state index in [2.05, 4.69) is 18.6 Å². The van der Waals surface area contributed by atoms with Crippen molar-refractivity contribution in [1.29, 1.82) is 0 Å². The number of hydrogen-bond donors (Lipinski definition) is 0. The number of benzene rings is 1. The van der Waals surface area contributed by atoms with Gasteiger partial charge in [0.1, 0.15) is 5.76 Å². The lowest BCUT2D eigenvalue weighted by molar-refractivity contribution is 0.371. The third-order valence-electron chi connectivity index (χ3n) is 1.86. The van der Waals surface area contributed by atoms with Crippen molar-refractivity contribution in [3.05, 3.63) is 47.9 Å². The highest BCUT2D eigenvalue weighted by Crippen LogP contribution is 2.28. The van der Waals surface area contributed by atoms with E-state index in [0.29, 0.717) is 0 Å². The van der Waals surface area contributed by atoms with E-state index >= 15 is 0 Å². The summed E-state index contributed by atoms with van der Waals surface area (Å²) in [6, 6.07) is 8.19. The van der Waals surface area contributed by atoms with E-state index in [9.17, 15) is 0 Å². The Morgan fingerprint density at radius 2 is 2.00 bits per heavy atom. The maximum atomic E-state index is 5.17. The summed E-state index contributed by atoms with van der Waals surface area (Å²) in [6.07, 6.45) is 4.05. The van der Waals surface area contributed by atoms with E-state index in [-0.39, 0.29) is 0 Å². The van der Waals surface area contributed by atoms with Crippen LogP contribution < -0.4 is 0 Å². The van der Waals surface area contributed by atoms with Crippen LogP contribution in [0.15, 0.2) is 30.3 Å². The Balaban J connectivity index is 2.48. The first kappa shape index (κ1) is 6.47. The molecule has 0 heterocycles. The SMILES string of the molecule is COC1=C[CH]c2ccccc21. The van der Waals surface area contributed by atoms with Gasteiger partial charge in [-0.1, -0.05) is 24.3 Å². The van der Waals surface area contributed by atoms with Gasteiger partial charge < -0.3 is 4.74 Å². The Hall–Kier alpha value is -1.24. The third-order valence-corrected chi connectivity index (χ3v) is 1.86. The fourth-order valence-electron chi connectivity index (χ4n) is 1.30. The molecule has 0 N–H and O–H groups in total. The molecule has 1 heteroatoms. The third kappa shape index (κ3) is 0.929. The van der Waals surface area contributed by atoms with Crippen molar-refractivity contribution in [3.8, 4) is 0 Å². The lowest BCUT2D eigenvalue weighted by Gasteiger charge is -2.02. The summed E-state index contributed by atoms with van der Waals surface area (Å²) in [5, 5.41) is 0. The Bertz CT molecular complexity index is 299. The van der Waals surface area contributed by atoms with E-state index in [0.717, 1.165) is 5.76 Å². The topological polar surface area (TPSA) is 9.23 Å². The smallest absolute Gasteiger partial charge is 0.123 e. The molecule has 0 aliphatic heterocycles. The largest absolute Gasteiger partial charge is 0.496 e. The van der Waals surface area contributed by atoms with E-state index in [1.165, 1.54) is 11.1 Å². The van der Waals surface area contributed by atoms with Crippen molar-refractivity contribution in [1.82, 2.24) is 0 Å². The van der Waals surface area contributed by atoms with Crippen molar-refractivity contribution >= 4 is 5.76 Å².